The van der Waals surface area contributed by atoms with Gasteiger partial charge in [-0.25, -0.2) is 9.97 Å². The number of carbonyl (C=O) groups excluding carboxylic acids is 1. The highest BCUT2D eigenvalue weighted by Gasteiger charge is 2.27. The third-order valence-corrected chi connectivity index (χ3v) is 6.12. The van der Waals surface area contributed by atoms with E-state index in [1.54, 1.807) is 6.20 Å². The number of hydrogen-bond acceptors (Lipinski definition) is 4. The van der Waals surface area contributed by atoms with E-state index < -0.39 is 0 Å². The number of pyridine rings is 1. The molecule has 4 aromatic rings. The van der Waals surface area contributed by atoms with Gasteiger partial charge < -0.3 is 10.3 Å². The fourth-order valence-electron chi connectivity index (χ4n) is 3.60. The van der Waals surface area contributed by atoms with Crippen LogP contribution in [-0.4, -0.2) is 20.9 Å². The Kier molecular flexibility index (Phi) is 4.06. The summed E-state index contributed by atoms with van der Waals surface area (Å²) in [5.41, 5.74) is 5.17. The average Bonchev–Trinajstić information content (AvgIpc) is 3.38. The lowest BCUT2D eigenvalue weighted by molar-refractivity contribution is -0.119. The van der Waals surface area contributed by atoms with Crippen LogP contribution < -0.4 is 5.32 Å². The largest absolute Gasteiger partial charge is 0.345 e. The predicted octanol–water partition coefficient (Wildman–Crippen LogP) is 4.80. The molecule has 0 aliphatic heterocycles. The Balaban J connectivity index is 1.35. The van der Waals surface area contributed by atoms with Crippen molar-refractivity contribution in [1.29, 1.82) is 0 Å². The first-order chi connectivity index (χ1) is 13.2. The van der Waals surface area contributed by atoms with Crippen molar-refractivity contribution < 1.29 is 4.79 Å². The lowest BCUT2D eigenvalue weighted by atomic mass is 10.1. The molecule has 1 aliphatic rings. The molecule has 0 bridgehead atoms. The van der Waals surface area contributed by atoms with E-state index in [9.17, 15) is 4.79 Å². The molecule has 1 aromatic carbocycles. The molecular weight excluding hydrogens is 424 g/mol. The molecule has 5 rings (SSSR count). The molecule has 5 nitrogen and oxygen atoms in total. The number of benzene rings is 1. The second-order valence-electron chi connectivity index (χ2n) is 6.65. The highest BCUT2D eigenvalue weighted by atomic mass is 79.9. The Morgan fingerprint density at radius 1 is 1.26 bits per heavy atom. The number of carbonyl (C=O) groups is 1. The van der Waals surface area contributed by atoms with Crippen molar-refractivity contribution in [2.75, 3.05) is 5.32 Å². The molecule has 0 radical (unpaired) electrons. The molecule has 2 N–H and O–H groups in total. The predicted molar refractivity (Wildman–Crippen MR) is 111 cm³/mol. The summed E-state index contributed by atoms with van der Waals surface area (Å²) in [4.78, 5) is 24.8. The van der Waals surface area contributed by atoms with Crippen LogP contribution >= 0.6 is 27.3 Å². The van der Waals surface area contributed by atoms with Gasteiger partial charge in [-0.15, -0.1) is 11.3 Å². The van der Waals surface area contributed by atoms with Crippen LogP contribution in [0.5, 0.6) is 0 Å². The Hall–Kier alpha value is -2.51. The van der Waals surface area contributed by atoms with Crippen molar-refractivity contribution in [3.05, 3.63) is 63.7 Å². The van der Waals surface area contributed by atoms with Crippen molar-refractivity contribution >= 4 is 49.3 Å². The van der Waals surface area contributed by atoms with Gasteiger partial charge in [-0.2, -0.15) is 0 Å². The van der Waals surface area contributed by atoms with Crippen LogP contribution in [-0.2, 0) is 17.6 Å². The van der Waals surface area contributed by atoms with Gasteiger partial charge in [0.15, 0.2) is 5.13 Å². The molecule has 0 saturated heterocycles. The van der Waals surface area contributed by atoms with E-state index in [0.29, 0.717) is 5.13 Å². The van der Waals surface area contributed by atoms with Gasteiger partial charge in [0, 0.05) is 39.1 Å². The number of thiazole rings is 1. The second kappa shape index (κ2) is 6.58. The molecule has 0 spiro atoms. The van der Waals surface area contributed by atoms with Crippen molar-refractivity contribution in [2.24, 2.45) is 5.92 Å². The summed E-state index contributed by atoms with van der Waals surface area (Å²) in [7, 11) is 0. The quantitative estimate of drug-likeness (QED) is 0.482. The molecule has 134 valence electrons. The van der Waals surface area contributed by atoms with Crippen LogP contribution in [0.2, 0.25) is 0 Å². The minimum absolute atomic E-state index is 0.0250. The van der Waals surface area contributed by atoms with Crippen molar-refractivity contribution in [2.45, 2.75) is 12.8 Å². The number of nitrogens with zero attached hydrogens (tertiary/aromatic N) is 2. The summed E-state index contributed by atoms with van der Waals surface area (Å²) in [6.07, 6.45) is 5.25. The van der Waals surface area contributed by atoms with E-state index in [0.717, 1.165) is 39.6 Å². The summed E-state index contributed by atoms with van der Waals surface area (Å²) in [5.74, 6) is 0.0124. The highest BCUT2D eigenvalue weighted by molar-refractivity contribution is 9.10. The van der Waals surface area contributed by atoms with Gasteiger partial charge in [-0.1, -0.05) is 24.3 Å². The molecule has 0 unspecified atom stereocenters. The Morgan fingerprint density at radius 2 is 2.04 bits per heavy atom. The zero-order chi connectivity index (χ0) is 18.4. The maximum atomic E-state index is 12.7. The van der Waals surface area contributed by atoms with E-state index >= 15 is 0 Å². The molecule has 27 heavy (non-hydrogen) atoms. The molecule has 7 heteroatoms. The average molecular weight is 439 g/mol. The number of H-pyrrole nitrogens is 1. The van der Waals surface area contributed by atoms with Crippen molar-refractivity contribution in [3.8, 4) is 11.3 Å². The van der Waals surface area contributed by atoms with Gasteiger partial charge in [-0.3, -0.25) is 4.79 Å². The smallest absolute Gasteiger partial charge is 0.229 e. The molecule has 0 atom stereocenters. The van der Waals surface area contributed by atoms with Gasteiger partial charge in [-0.05, 0) is 46.0 Å². The van der Waals surface area contributed by atoms with Crippen molar-refractivity contribution in [1.82, 2.24) is 15.0 Å². The number of aromatic amines is 1. The van der Waals surface area contributed by atoms with Crippen LogP contribution in [0.15, 0.2) is 52.6 Å². The summed E-state index contributed by atoms with van der Waals surface area (Å²) in [5, 5.41) is 6.58. The van der Waals surface area contributed by atoms with Gasteiger partial charge in [0.25, 0.3) is 0 Å². The molecule has 0 saturated carbocycles. The number of hydrogen-bond donors (Lipinski definition) is 2. The molecule has 1 aliphatic carbocycles. The maximum absolute atomic E-state index is 12.7. The van der Waals surface area contributed by atoms with E-state index in [-0.39, 0.29) is 11.8 Å². The lowest BCUT2D eigenvalue weighted by Gasteiger charge is -2.07. The summed E-state index contributed by atoms with van der Waals surface area (Å²) >= 11 is 4.90. The highest BCUT2D eigenvalue weighted by Crippen LogP contribution is 2.32. The van der Waals surface area contributed by atoms with Crippen molar-refractivity contribution in [3.63, 3.8) is 0 Å². The molecule has 3 heterocycles. The summed E-state index contributed by atoms with van der Waals surface area (Å²) < 4.78 is 0.917. The molecule has 1 amide bonds. The van der Waals surface area contributed by atoms with E-state index in [4.69, 9.17) is 0 Å². The third-order valence-electron chi connectivity index (χ3n) is 4.93. The fraction of sp³-hybridized carbons (Fsp3) is 0.150. The SMILES string of the molecule is O=C(Nc1nc(-c2c[nH]c3ncc(Br)cc23)cs1)C1Cc2ccccc2C1. The van der Waals surface area contributed by atoms with Gasteiger partial charge in [0.05, 0.1) is 5.69 Å². The zero-order valence-corrected chi connectivity index (χ0v) is 16.6. The van der Waals surface area contributed by atoms with Crippen LogP contribution in [0.1, 0.15) is 11.1 Å². The number of nitrogens with one attached hydrogen (secondary N) is 2. The minimum atomic E-state index is -0.0250. The fourth-order valence-corrected chi connectivity index (χ4v) is 4.64. The normalized spacial score (nSPS) is 13.8. The molecule has 3 aromatic heterocycles. The molecule has 0 fully saturated rings. The third kappa shape index (κ3) is 3.07. The molecular formula is C20H15BrN4OS. The Bertz CT molecular complexity index is 1140. The van der Waals surface area contributed by atoms with Crippen LogP contribution in [0.3, 0.4) is 0 Å². The number of aromatic nitrogens is 3. The first-order valence-corrected chi connectivity index (χ1v) is 10.3. The van der Waals surface area contributed by atoms with E-state index in [2.05, 4.69) is 48.3 Å². The Labute approximate surface area is 168 Å². The number of anilines is 1. The number of halogens is 1. The van der Waals surface area contributed by atoms with Gasteiger partial charge in [0.1, 0.15) is 5.65 Å². The number of rotatable bonds is 3. The Morgan fingerprint density at radius 3 is 2.81 bits per heavy atom. The van der Waals surface area contributed by atoms with E-state index in [1.807, 2.05) is 29.8 Å². The number of fused-ring (bicyclic) bond motifs is 2. The summed E-state index contributed by atoms with van der Waals surface area (Å²) in [6.45, 7) is 0. The second-order valence-corrected chi connectivity index (χ2v) is 8.43. The zero-order valence-electron chi connectivity index (χ0n) is 14.2. The van der Waals surface area contributed by atoms with Crippen LogP contribution in [0.4, 0.5) is 5.13 Å². The maximum Gasteiger partial charge on any atom is 0.229 e. The van der Waals surface area contributed by atoms with Gasteiger partial charge >= 0.3 is 0 Å². The number of amides is 1. The van der Waals surface area contributed by atoms with Crippen LogP contribution in [0.25, 0.3) is 22.3 Å². The van der Waals surface area contributed by atoms with Gasteiger partial charge in [0.2, 0.25) is 5.91 Å². The van der Waals surface area contributed by atoms with E-state index in [1.165, 1.54) is 22.5 Å². The van der Waals surface area contributed by atoms with Crippen LogP contribution in [0, 0.1) is 5.92 Å². The topological polar surface area (TPSA) is 70.7 Å². The first kappa shape index (κ1) is 16.6. The monoisotopic (exact) mass is 438 g/mol. The first-order valence-electron chi connectivity index (χ1n) is 8.63. The lowest BCUT2D eigenvalue weighted by Crippen LogP contribution is -2.23. The minimum Gasteiger partial charge on any atom is -0.345 e. The summed E-state index contributed by atoms with van der Waals surface area (Å²) in [6, 6.07) is 10.3. The standard InChI is InChI=1S/C20H15BrN4OS/c21-14-7-15-16(9-23-18(15)22-8-14)17-10-27-20(24-17)25-19(26)13-5-11-3-1-2-4-12(11)6-13/h1-4,7-10,13H,5-6H2,(H,22,23)(H,24,25,26).